The monoisotopic (exact) mass is 381 g/mol. The highest BCUT2D eigenvalue weighted by atomic mass is 32.2. The van der Waals surface area contributed by atoms with E-state index in [1.54, 1.807) is 0 Å². The summed E-state index contributed by atoms with van der Waals surface area (Å²) in [4.78, 5) is 54.4. The minimum atomic E-state index is -1.32. The summed E-state index contributed by atoms with van der Waals surface area (Å²) >= 11 is 0.699. The molecule has 0 aromatic carbocycles. The van der Waals surface area contributed by atoms with Crippen LogP contribution in [-0.4, -0.2) is 52.3 Å². The molecule has 1 atom stereocenters. The maximum atomic E-state index is 12.1. The fourth-order valence-electron chi connectivity index (χ4n) is 1.41. The van der Waals surface area contributed by atoms with Gasteiger partial charge in [-0.15, -0.1) is 4.91 Å². The van der Waals surface area contributed by atoms with E-state index >= 15 is 0 Å². The van der Waals surface area contributed by atoms with Gasteiger partial charge in [0.05, 0.1) is 17.4 Å². The number of hydrogen-bond donors (Lipinski definition) is 4. The Morgan fingerprint density at radius 3 is 2.24 bits per heavy atom. The second kappa shape index (κ2) is 10.3. The van der Waals surface area contributed by atoms with Crippen molar-refractivity contribution < 1.29 is 34.4 Å². The van der Waals surface area contributed by atoms with Gasteiger partial charge in [0.2, 0.25) is 5.91 Å². The van der Waals surface area contributed by atoms with Crippen molar-refractivity contribution in [2.75, 3.05) is 19.0 Å². The zero-order valence-electron chi connectivity index (χ0n) is 14.4. The largest absolute Gasteiger partial charge is 0.480 e. The molecule has 1 amide bonds. The number of nitrogens with zero attached hydrogens (tertiary/aromatic N) is 1. The molecule has 144 valence electrons. The van der Waals surface area contributed by atoms with E-state index in [1.807, 2.05) is 0 Å². The van der Waals surface area contributed by atoms with E-state index in [0.29, 0.717) is 11.8 Å². The fraction of sp³-hybridized carbons (Fsp3) is 0.769. The van der Waals surface area contributed by atoms with Crippen LogP contribution in [0.1, 0.15) is 27.7 Å². The van der Waals surface area contributed by atoms with Gasteiger partial charge in [-0.3, -0.25) is 19.6 Å². The summed E-state index contributed by atoms with van der Waals surface area (Å²) in [6.45, 7) is 5.56. The smallest absolute Gasteiger partial charge is 0.327 e. The number of carbonyl (C=O) groups is 3. The normalized spacial score (nSPS) is 13.0. The molecule has 0 saturated carbocycles. The van der Waals surface area contributed by atoms with E-state index in [9.17, 15) is 24.4 Å². The van der Waals surface area contributed by atoms with Crippen LogP contribution in [0.2, 0.25) is 0 Å². The molecule has 11 nitrogen and oxygen atoms in total. The SMILES string of the molecule is CC(C)(CONO)C(=O)NC(CSC(=O)C(C)(C)CON=O)C(=O)O. The summed E-state index contributed by atoms with van der Waals surface area (Å²) in [5.41, 5.74) is -0.733. The predicted molar refractivity (Wildman–Crippen MR) is 87.2 cm³/mol. The first-order valence-corrected chi connectivity index (χ1v) is 8.13. The van der Waals surface area contributed by atoms with Crippen molar-refractivity contribution >= 4 is 28.8 Å². The number of rotatable bonds is 12. The van der Waals surface area contributed by atoms with E-state index < -0.39 is 33.9 Å². The Balaban J connectivity index is 4.77. The molecule has 0 aliphatic heterocycles. The lowest BCUT2D eigenvalue weighted by atomic mass is 9.93. The van der Waals surface area contributed by atoms with E-state index in [2.05, 4.69) is 20.3 Å². The Kier molecular flexibility index (Phi) is 9.56. The van der Waals surface area contributed by atoms with Gasteiger partial charge in [0.25, 0.3) is 0 Å². The lowest BCUT2D eigenvalue weighted by Gasteiger charge is -2.25. The van der Waals surface area contributed by atoms with Gasteiger partial charge >= 0.3 is 5.97 Å². The van der Waals surface area contributed by atoms with Gasteiger partial charge in [-0.25, -0.2) is 4.79 Å². The Hall–Kier alpha value is -1.76. The van der Waals surface area contributed by atoms with E-state index in [4.69, 9.17) is 5.21 Å². The van der Waals surface area contributed by atoms with Crippen LogP contribution in [0.5, 0.6) is 0 Å². The van der Waals surface area contributed by atoms with Gasteiger partial charge in [-0.05, 0) is 27.7 Å². The molecule has 25 heavy (non-hydrogen) atoms. The number of amides is 1. The molecule has 0 saturated heterocycles. The molecule has 0 bridgehead atoms. The molecule has 0 fully saturated rings. The second-order valence-corrected chi connectivity index (χ2v) is 7.45. The van der Waals surface area contributed by atoms with Gasteiger partial charge in [0.1, 0.15) is 12.6 Å². The molecule has 4 N–H and O–H groups in total. The lowest BCUT2D eigenvalue weighted by Crippen LogP contribution is -2.49. The van der Waals surface area contributed by atoms with Crippen molar-refractivity contribution in [3.8, 4) is 0 Å². The molecular weight excluding hydrogens is 358 g/mol. The first kappa shape index (κ1) is 23.2. The number of hydrogen-bond acceptors (Lipinski definition) is 10. The maximum absolute atomic E-state index is 12.1. The number of carboxylic acids is 1. The van der Waals surface area contributed by atoms with Crippen LogP contribution in [0.3, 0.4) is 0 Å². The third-order valence-electron chi connectivity index (χ3n) is 3.13. The van der Waals surface area contributed by atoms with Crippen molar-refractivity contribution in [1.29, 1.82) is 0 Å². The van der Waals surface area contributed by atoms with Gasteiger partial charge < -0.3 is 15.3 Å². The van der Waals surface area contributed by atoms with Crippen LogP contribution < -0.4 is 11.0 Å². The van der Waals surface area contributed by atoms with Crippen LogP contribution in [0.4, 0.5) is 0 Å². The van der Waals surface area contributed by atoms with Crippen molar-refractivity contribution in [3.05, 3.63) is 4.91 Å². The van der Waals surface area contributed by atoms with Crippen molar-refractivity contribution in [2.45, 2.75) is 33.7 Å². The Labute approximate surface area is 148 Å². The van der Waals surface area contributed by atoms with Crippen LogP contribution in [0.25, 0.3) is 0 Å². The molecule has 12 heteroatoms. The van der Waals surface area contributed by atoms with E-state index in [0.717, 1.165) is 0 Å². The summed E-state index contributed by atoms with van der Waals surface area (Å²) in [7, 11) is 0. The topological polar surface area (TPSA) is 164 Å². The van der Waals surface area contributed by atoms with Gasteiger partial charge in [-0.2, -0.15) is 0 Å². The molecule has 0 heterocycles. The van der Waals surface area contributed by atoms with E-state index in [1.165, 1.54) is 33.3 Å². The Bertz CT molecular complexity index is 498. The average Bonchev–Trinajstić information content (AvgIpc) is 2.53. The molecule has 0 radical (unpaired) electrons. The Morgan fingerprint density at radius 1 is 1.16 bits per heavy atom. The third-order valence-corrected chi connectivity index (χ3v) is 4.44. The third kappa shape index (κ3) is 8.25. The van der Waals surface area contributed by atoms with Crippen LogP contribution in [-0.2, 0) is 24.1 Å². The molecule has 1 unspecified atom stereocenters. The van der Waals surface area contributed by atoms with Crippen molar-refractivity contribution in [3.63, 3.8) is 0 Å². The summed E-state index contributed by atoms with van der Waals surface area (Å²) in [5.74, 6) is -2.15. The highest BCUT2D eigenvalue weighted by Gasteiger charge is 2.34. The predicted octanol–water partition coefficient (Wildman–Crippen LogP) is 0.476. The standard InChI is InChI=1S/C13H23N3O8S/c1-12(2,6-23-15-21)10(19)14-8(9(17)18)5-25-11(20)13(3,4)7-24-16-22/h8,15,21H,5-7H2,1-4H3,(H,14,19)(H,17,18). The molecule has 0 rings (SSSR count). The maximum Gasteiger partial charge on any atom is 0.327 e. The van der Waals surface area contributed by atoms with Gasteiger partial charge in [0.15, 0.2) is 10.5 Å². The van der Waals surface area contributed by atoms with E-state index in [-0.39, 0.29) is 19.0 Å². The first-order chi connectivity index (χ1) is 11.5. The number of carbonyl (C=O) groups excluding carboxylic acids is 2. The van der Waals surface area contributed by atoms with Crippen LogP contribution in [0, 0.1) is 15.7 Å². The molecular formula is C13H23N3O8S. The van der Waals surface area contributed by atoms with Crippen LogP contribution >= 0.6 is 11.8 Å². The minimum Gasteiger partial charge on any atom is -0.480 e. The molecule has 0 aromatic heterocycles. The van der Waals surface area contributed by atoms with Gasteiger partial charge in [0, 0.05) is 5.75 Å². The van der Waals surface area contributed by atoms with Gasteiger partial charge in [-0.1, -0.05) is 17.4 Å². The summed E-state index contributed by atoms with van der Waals surface area (Å²) < 4.78 is 0. The zero-order valence-corrected chi connectivity index (χ0v) is 15.2. The number of thioether (sulfide) groups is 1. The molecule has 0 aliphatic carbocycles. The fourth-order valence-corrected chi connectivity index (χ4v) is 2.40. The average molecular weight is 381 g/mol. The molecule has 0 aliphatic rings. The summed E-state index contributed by atoms with van der Waals surface area (Å²) in [5, 5.41) is 21.7. The summed E-state index contributed by atoms with van der Waals surface area (Å²) in [6.07, 6.45) is 0. The lowest BCUT2D eigenvalue weighted by molar-refractivity contribution is -0.160. The number of carboxylic acid groups (broad SMARTS) is 1. The highest BCUT2D eigenvalue weighted by Crippen LogP contribution is 2.25. The Morgan fingerprint density at radius 2 is 1.76 bits per heavy atom. The highest BCUT2D eigenvalue weighted by molar-refractivity contribution is 8.13. The quantitative estimate of drug-likeness (QED) is 0.276. The van der Waals surface area contributed by atoms with Crippen LogP contribution in [0.15, 0.2) is 5.34 Å². The summed E-state index contributed by atoms with van der Waals surface area (Å²) in [6, 6.07) is -1.32. The second-order valence-electron chi connectivity index (χ2n) is 6.46. The number of nitrogens with one attached hydrogen (secondary N) is 2. The number of aliphatic carboxylic acids is 1. The first-order valence-electron chi connectivity index (χ1n) is 7.14. The van der Waals surface area contributed by atoms with Crippen molar-refractivity contribution in [2.24, 2.45) is 16.2 Å². The zero-order chi connectivity index (χ0) is 19.7. The molecule has 0 spiro atoms. The van der Waals surface area contributed by atoms with Crippen molar-refractivity contribution in [1.82, 2.24) is 11.0 Å². The minimum absolute atomic E-state index is 0.211. The molecule has 0 aromatic rings.